The second kappa shape index (κ2) is 7.14. The Balaban J connectivity index is 1.63. The van der Waals surface area contributed by atoms with Gasteiger partial charge in [0.2, 0.25) is 5.91 Å². The molecule has 3 nitrogen and oxygen atoms in total. The Bertz CT molecular complexity index is 669. The predicted octanol–water partition coefficient (Wildman–Crippen LogP) is 3.53. The normalized spacial score (nSPS) is 16.6. The van der Waals surface area contributed by atoms with Gasteiger partial charge in [-0.2, -0.15) is 0 Å². The van der Waals surface area contributed by atoms with E-state index in [1.54, 1.807) is 0 Å². The minimum Gasteiger partial charge on any atom is -0.340 e. The number of piperidine rings is 1. The van der Waals surface area contributed by atoms with Gasteiger partial charge in [-0.25, -0.2) is 0 Å². The molecule has 2 aromatic carbocycles. The van der Waals surface area contributed by atoms with Crippen molar-refractivity contribution >= 4 is 16.7 Å². The zero-order valence-corrected chi connectivity index (χ0v) is 14.2. The SMILES string of the molecule is CC1CCN(CC(=O)N(C)Cc2cccc3ccccc23)CC1. The first kappa shape index (κ1) is 16.0. The lowest BCUT2D eigenvalue weighted by atomic mass is 9.99. The molecule has 0 aromatic heterocycles. The molecule has 3 rings (SSSR count). The molecule has 0 N–H and O–H groups in total. The van der Waals surface area contributed by atoms with Gasteiger partial charge >= 0.3 is 0 Å². The third kappa shape index (κ3) is 3.91. The summed E-state index contributed by atoms with van der Waals surface area (Å²) in [5.41, 5.74) is 1.21. The molecule has 1 saturated heterocycles. The quantitative estimate of drug-likeness (QED) is 0.862. The Hall–Kier alpha value is -1.87. The number of hydrogen-bond donors (Lipinski definition) is 0. The lowest BCUT2D eigenvalue weighted by Gasteiger charge is -2.31. The van der Waals surface area contributed by atoms with E-state index in [-0.39, 0.29) is 5.91 Å². The van der Waals surface area contributed by atoms with Gasteiger partial charge in [-0.05, 0) is 48.2 Å². The first-order chi connectivity index (χ1) is 11.1. The number of nitrogens with zero attached hydrogens (tertiary/aromatic N) is 2. The Morgan fingerprint density at radius 1 is 1.13 bits per heavy atom. The molecule has 122 valence electrons. The maximum Gasteiger partial charge on any atom is 0.236 e. The molecule has 0 spiro atoms. The van der Waals surface area contributed by atoms with Crippen molar-refractivity contribution in [3.8, 4) is 0 Å². The van der Waals surface area contributed by atoms with E-state index in [0.29, 0.717) is 13.1 Å². The summed E-state index contributed by atoms with van der Waals surface area (Å²) in [5.74, 6) is 1.02. The van der Waals surface area contributed by atoms with E-state index < -0.39 is 0 Å². The second-order valence-corrected chi connectivity index (χ2v) is 6.85. The molecule has 0 aliphatic carbocycles. The first-order valence-corrected chi connectivity index (χ1v) is 8.56. The van der Waals surface area contributed by atoms with Crippen molar-refractivity contribution in [2.75, 3.05) is 26.7 Å². The van der Waals surface area contributed by atoms with E-state index in [4.69, 9.17) is 0 Å². The highest BCUT2D eigenvalue weighted by molar-refractivity contribution is 5.86. The van der Waals surface area contributed by atoms with Crippen LogP contribution in [-0.4, -0.2) is 42.4 Å². The van der Waals surface area contributed by atoms with Crippen molar-refractivity contribution in [2.24, 2.45) is 5.92 Å². The number of amides is 1. The van der Waals surface area contributed by atoms with Crippen LogP contribution in [0.25, 0.3) is 10.8 Å². The Labute approximate surface area is 138 Å². The van der Waals surface area contributed by atoms with Gasteiger partial charge in [-0.3, -0.25) is 9.69 Å². The average Bonchev–Trinajstić information content (AvgIpc) is 2.57. The van der Waals surface area contributed by atoms with Gasteiger partial charge in [0, 0.05) is 13.6 Å². The topological polar surface area (TPSA) is 23.6 Å². The zero-order chi connectivity index (χ0) is 16.2. The van der Waals surface area contributed by atoms with E-state index in [9.17, 15) is 4.79 Å². The van der Waals surface area contributed by atoms with Crippen molar-refractivity contribution in [1.82, 2.24) is 9.80 Å². The standard InChI is InChI=1S/C20H26N2O/c1-16-10-12-22(13-11-16)15-20(23)21(2)14-18-8-5-7-17-6-3-4-9-19(17)18/h3-9,16H,10-15H2,1-2H3. The number of hydrogen-bond acceptors (Lipinski definition) is 2. The summed E-state index contributed by atoms with van der Waals surface area (Å²) in [7, 11) is 1.91. The van der Waals surface area contributed by atoms with Gasteiger partial charge in [-0.15, -0.1) is 0 Å². The maximum absolute atomic E-state index is 12.5. The lowest BCUT2D eigenvalue weighted by molar-refractivity contribution is -0.132. The number of likely N-dealkylation sites (tertiary alicyclic amines) is 1. The molecule has 1 heterocycles. The summed E-state index contributed by atoms with van der Waals surface area (Å²) in [4.78, 5) is 16.7. The van der Waals surface area contributed by atoms with E-state index in [0.717, 1.165) is 19.0 Å². The van der Waals surface area contributed by atoms with Crippen molar-refractivity contribution in [3.63, 3.8) is 0 Å². The minimum absolute atomic E-state index is 0.215. The number of likely N-dealkylation sites (N-methyl/N-ethyl adjacent to an activating group) is 1. The van der Waals surface area contributed by atoms with Crippen LogP contribution in [0.3, 0.4) is 0 Å². The number of fused-ring (bicyclic) bond motifs is 1. The van der Waals surface area contributed by atoms with E-state index in [2.05, 4.69) is 54.3 Å². The Morgan fingerprint density at radius 3 is 2.61 bits per heavy atom. The molecule has 1 amide bonds. The van der Waals surface area contributed by atoms with Crippen LogP contribution in [0.2, 0.25) is 0 Å². The summed E-state index contributed by atoms with van der Waals surface area (Å²) in [6, 6.07) is 14.7. The van der Waals surface area contributed by atoms with Gasteiger partial charge in [0.25, 0.3) is 0 Å². The van der Waals surface area contributed by atoms with Gasteiger partial charge in [0.15, 0.2) is 0 Å². The van der Waals surface area contributed by atoms with Crippen molar-refractivity contribution in [3.05, 3.63) is 48.0 Å². The van der Waals surface area contributed by atoms with Crippen LogP contribution in [0.1, 0.15) is 25.3 Å². The van der Waals surface area contributed by atoms with E-state index >= 15 is 0 Å². The maximum atomic E-state index is 12.5. The van der Waals surface area contributed by atoms with Crippen LogP contribution < -0.4 is 0 Å². The minimum atomic E-state index is 0.215. The highest BCUT2D eigenvalue weighted by Crippen LogP contribution is 2.20. The van der Waals surface area contributed by atoms with Crippen LogP contribution >= 0.6 is 0 Å². The van der Waals surface area contributed by atoms with Crippen LogP contribution in [0.5, 0.6) is 0 Å². The molecule has 0 bridgehead atoms. The molecule has 0 atom stereocenters. The largest absolute Gasteiger partial charge is 0.340 e. The predicted molar refractivity (Wildman–Crippen MR) is 95.3 cm³/mol. The van der Waals surface area contributed by atoms with Crippen molar-refractivity contribution in [2.45, 2.75) is 26.3 Å². The first-order valence-electron chi connectivity index (χ1n) is 8.56. The second-order valence-electron chi connectivity index (χ2n) is 6.85. The zero-order valence-electron chi connectivity index (χ0n) is 14.2. The molecule has 0 unspecified atom stereocenters. The third-order valence-electron chi connectivity index (χ3n) is 4.95. The molecule has 1 fully saturated rings. The van der Waals surface area contributed by atoms with Gasteiger partial charge in [0.05, 0.1) is 6.54 Å². The summed E-state index contributed by atoms with van der Waals surface area (Å²) in [6.07, 6.45) is 2.42. The van der Waals surface area contributed by atoms with Gasteiger partial charge < -0.3 is 4.90 Å². The Kier molecular flexibility index (Phi) is 4.97. The Morgan fingerprint density at radius 2 is 1.83 bits per heavy atom. The monoisotopic (exact) mass is 310 g/mol. The molecule has 0 saturated carbocycles. The summed E-state index contributed by atoms with van der Waals surface area (Å²) in [6.45, 7) is 5.62. The lowest BCUT2D eigenvalue weighted by Crippen LogP contribution is -2.41. The number of rotatable bonds is 4. The highest BCUT2D eigenvalue weighted by atomic mass is 16.2. The van der Waals surface area contributed by atoms with Crippen molar-refractivity contribution in [1.29, 1.82) is 0 Å². The smallest absolute Gasteiger partial charge is 0.236 e. The van der Waals surface area contributed by atoms with Crippen molar-refractivity contribution < 1.29 is 4.79 Å². The molecule has 0 radical (unpaired) electrons. The van der Waals surface area contributed by atoms with Crippen LogP contribution in [0.4, 0.5) is 0 Å². The highest BCUT2D eigenvalue weighted by Gasteiger charge is 2.20. The molecule has 23 heavy (non-hydrogen) atoms. The molecule has 1 aliphatic rings. The molecule has 3 heteroatoms. The summed E-state index contributed by atoms with van der Waals surface area (Å²) >= 11 is 0. The van der Waals surface area contributed by atoms with Crippen LogP contribution in [0, 0.1) is 5.92 Å². The van der Waals surface area contributed by atoms with Gasteiger partial charge in [0.1, 0.15) is 0 Å². The summed E-state index contributed by atoms with van der Waals surface area (Å²) < 4.78 is 0. The third-order valence-corrected chi connectivity index (χ3v) is 4.95. The van der Waals surface area contributed by atoms with Crippen LogP contribution in [-0.2, 0) is 11.3 Å². The summed E-state index contributed by atoms with van der Waals surface area (Å²) in [5, 5.41) is 2.47. The fourth-order valence-corrected chi connectivity index (χ4v) is 3.31. The molecular weight excluding hydrogens is 284 g/mol. The number of carbonyl (C=O) groups is 1. The fourth-order valence-electron chi connectivity index (χ4n) is 3.31. The average molecular weight is 310 g/mol. The van der Waals surface area contributed by atoms with E-state index in [1.165, 1.54) is 29.2 Å². The molecular formula is C20H26N2O. The van der Waals surface area contributed by atoms with E-state index in [1.807, 2.05) is 11.9 Å². The molecule has 2 aromatic rings. The van der Waals surface area contributed by atoms with Gasteiger partial charge in [-0.1, -0.05) is 49.4 Å². The number of carbonyl (C=O) groups excluding carboxylic acids is 1. The molecule has 1 aliphatic heterocycles. The number of benzene rings is 2. The fraction of sp³-hybridized carbons (Fsp3) is 0.450. The van der Waals surface area contributed by atoms with Crippen LogP contribution in [0.15, 0.2) is 42.5 Å².